The number of fused-ring (bicyclic) bond motifs is 10. The van der Waals surface area contributed by atoms with Crippen LogP contribution in [0.2, 0.25) is 0 Å². The molecule has 7 heteroatoms. The Balaban J connectivity index is 1.20. The molecule has 1 amide bonds. The number of hydrogen-bond acceptors (Lipinski definition) is 6. The maximum Gasteiger partial charge on any atom is 0.415 e. The highest BCUT2D eigenvalue weighted by molar-refractivity contribution is 6.10. The fourth-order valence-corrected chi connectivity index (χ4v) is 9.63. The first-order valence-corrected chi connectivity index (χ1v) is 20.8. The predicted octanol–water partition coefficient (Wildman–Crippen LogP) is 11.0. The van der Waals surface area contributed by atoms with Crippen LogP contribution in [0.15, 0.2) is 139 Å². The zero-order valence-electron chi connectivity index (χ0n) is 34.2. The van der Waals surface area contributed by atoms with E-state index in [0.29, 0.717) is 61.2 Å². The summed E-state index contributed by atoms with van der Waals surface area (Å²) in [4.78, 5) is 30.8. The van der Waals surface area contributed by atoms with Gasteiger partial charge in [-0.1, -0.05) is 104 Å². The van der Waals surface area contributed by atoms with Crippen LogP contribution in [0.4, 0.5) is 4.79 Å². The second kappa shape index (κ2) is 16.8. The van der Waals surface area contributed by atoms with Gasteiger partial charge >= 0.3 is 6.09 Å². The molecule has 3 aliphatic carbocycles. The van der Waals surface area contributed by atoms with Gasteiger partial charge in [-0.2, -0.15) is 0 Å². The Morgan fingerprint density at radius 1 is 0.797 bits per heavy atom. The van der Waals surface area contributed by atoms with Crippen molar-refractivity contribution in [3.8, 4) is 11.5 Å². The molecular weight excluding hydrogens is 735 g/mol. The molecule has 302 valence electrons. The molecule has 0 unspecified atom stereocenters. The van der Waals surface area contributed by atoms with Crippen molar-refractivity contribution in [2.24, 2.45) is 5.41 Å². The molecule has 0 aliphatic heterocycles. The normalized spacial score (nSPS) is 22.0. The maximum atomic E-state index is 14.6. The lowest BCUT2D eigenvalue weighted by atomic mass is 9.64. The first kappa shape index (κ1) is 40.0. The Bertz CT molecular complexity index is 2520. The van der Waals surface area contributed by atoms with Gasteiger partial charge in [-0.15, -0.1) is 0 Å². The molecule has 6 aromatic rings. The summed E-state index contributed by atoms with van der Waals surface area (Å²) in [5.74, 6) is 0.772. The fourth-order valence-electron chi connectivity index (χ4n) is 9.63. The molecule has 3 aliphatic rings. The number of ketones is 1. The minimum atomic E-state index is -1.35. The van der Waals surface area contributed by atoms with Crippen LogP contribution in [0, 0.1) is 5.41 Å². The first-order valence-electron chi connectivity index (χ1n) is 20.8. The van der Waals surface area contributed by atoms with Gasteiger partial charge in [-0.25, -0.2) is 4.79 Å². The Kier molecular flexibility index (Phi) is 11.4. The molecule has 0 saturated heterocycles. The van der Waals surface area contributed by atoms with Crippen LogP contribution in [0.25, 0.3) is 21.5 Å². The standard InChI is InChI=1S/C52H53NO6/c1-35-10-9-28-51(2)48(46-26-18-36(30-42(54)22-17-35)31-47(46)49(55)39-20-23-43(58-3)24-21-39)27-29-52(51,57)34-53(33-41-15-8-14-38-12-6-7-16-45(38)41)50(56)59-44-25-19-37-11-4-5-13-40(37)32-44/h4-8,10-16,18-21,23-26,31-32,42,48,54,57H,9,17,22,27-30,33-34H2,1-3H3/t42-,48-,51-,52+/m0/s1. The summed E-state index contributed by atoms with van der Waals surface area (Å²) in [6, 6.07) is 41.0. The van der Waals surface area contributed by atoms with Crippen molar-refractivity contribution in [1.29, 1.82) is 0 Å². The van der Waals surface area contributed by atoms with Crippen LogP contribution >= 0.6 is 0 Å². The van der Waals surface area contributed by atoms with Crippen LogP contribution in [-0.4, -0.2) is 52.3 Å². The van der Waals surface area contributed by atoms with Crippen molar-refractivity contribution in [3.05, 3.63) is 167 Å². The summed E-state index contributed by atoms with van der Waals surface area (Å²) in [6.07, 6.45) is 5.29. The number of hydrogen-bond donors (Lipinski definition) is 2. The highest BCUT2D eigenvalue weighted by Gasteiger charge is 2.58. The summed E-state index contributed by atoms with van der Waals surface area (Å²) < 4.78 is 11.6. The van der Waals surface area contributed by atoms with Gasteiger partial charge in [0.05, 0.1) is 25.4 Å². The molecular formula is C52H53NO6. The summed E-state index contributed by atoms with van der Waals surface area (Å²) in [5, 5.41) is 28.5. The average Bonchev–Trinajstić information content (AvgIpc) is 3.50. The monoisotopic (exact) mass is 787 g/mol. The topological polar surface area (TPSA) is 96.3 Å². The van der Waals surface area contributed by atoms with E-state index in [-0.39, 0.29) is 24.8 Å². The van der Waals surface area contributed by atoms with Gasteiger partial charge in [-0.05, 0) is 138 Å². The van der Waals surface area contributed by atoms with Crippen LogP contribution in [0.3, 0.4) is 0 Å². The lowest BCUT2D eigenvalue weighted by molar-refractivity contribution is -0.0801. The van der Waals surface area contributed by atoms with Crippen molar-refractivity contribution in [2.75, 3.05) is 13.7 Å². The van der Waals surface area contributed by atoms with Gasteiger partial charge in [0.25, 0.3) is 0 Å². The number of ether oxygens (including phenoxy) is 2. The van der Waals surface area contributed by atoms with Crippen molar-refractivity contribution < 1.29 is 29.3 Å². The van der Waals surface area contributed by atoms with Gasteiger partial charge < -0.3 is 24.6 Å². The molecule has 2 N–H and O–H groups in total. The number of allylic oxidation sites excluding steroid dienone is 2. The number of nitrogens with zero attached hydrogens (tertiary/aromatic N) is 1. The van der Waals surface area contributed by atoms with E-state index < -0.39 is 23.2 Å². The molecule has 4 atom stereocenters. The number of benzene rings is 6. The van der Waals surface area contributed by atoms with E-state index in [1.807, 2.05) is 84.9 Å². The van der Waals surface area contributed by atoms with Crippen LogP contribution in [-0.2, 0) is 13.0 Å². The largest absolute Gasteiger partial charge is 0.497 e. The number of methoxy groups -OCH3 is 1. The molecule has 0 radical (unpaired) electrons. The molecule has 0 spiro atoms. The van der Waals surface area contributed by atoms with E-state index >= 15 is 0 Å². The highest BCUT2D eigenvalue weighted by atomic mass is 16.6. The van der Waals surface area contributed by atoms with Gasteiger partial charge in [0.2, 0.25) is 0 Å². The fraction of sp³-hybridized carbons (Fsp3) is 0.308. The van der Waals surface area contributed by atoms with E-state index in [4.69, 9.17) is 9.47 Å². The van der Waals surface area contributed by atoms with Crippen molar-refractivity contribution >= 4 is 33.4 Å². The maximum absolute atomic E-state index is 14.6. The van der Waals surface area contributed by atoms with E-state index in [9.17, 15) is 19.8 Å². The summed E-state index contributed by atoms with van der Waals surface area (Å²) in [6.45, 7) is 4.51. The molecule has 7 nitrogen and oxygen atoms in total. The smallest absolute Gasteiger partial charge is 0.415 e. The van der Waals surface area contributed by atoms with Crippen LogP contribution < -0.4 is 9.47 Å². The van der Waals surface area contributed by atoms with Gasteiger partial charge in [0, 0.05) is 23.1 Å². The summed E-state index contributed by atoms with van der Waals surface area (Å²) in [5.41, 5.74) is 2.93. The lowest BCUT2D eigenvalue weighted by Gasteiger charge is -2.46. The average molecular weight is 788 g/mol. The molecule has 0 aromatic heterocycles. The Hall–Kier alpha value is -5.76. The molecule has 1 fully saturated rings. The van der Waals surface area contributed by atoms with Crippen molar-refractivity contribution in [2.45, 2.75) is 83.0 Å². The minimum Gasteiger partial charge on any atom is -0.497 e. The minimum absolute atomic E-state index is 0.0321. The Morgan fingerprint density at radius 3 is 2.32 bits per heavy atom. The van der Waals surface area contributed by atoms with E-state index in [1.165, 1.54) is 5.57 Å². The lowest BCUT2D eigenvalue weighted by Crippen LogP contribution is -2.54. The summed E-state index contributed by atoms with van der Waals surface area (Å²) in [7, 11) is 1.60. The summed E-state index contributed by atoms with van der Waals surface area (Å²) >= 11 is 0. The van der Waals surface area contributed by atoms with E-state index in [1.54, 1.807) is 36.3 Å². The van der Waals surface area contributed by atoms with Crippen molar-refractivity contribution in [1.82, 2.24) is 4.90 Å². The third-order valence-corrected chi connectivity index (χ3v) is 13.1. The molecule has 9 rings (SSSR count). The van der Waals surface area contributed by atoms with Crippen molar-refractivity contribution in [3.63, 3.8) is 0 Å². The Morgan fingerprint density at radius 2 is 1.53 bits per heavy atom. The Labute approximate surface area is 346 Å². The van der Waals surface area contributed by atoms with Gasteiger partial charge in [0.1, 0.15) is 11.5 Å². The molecule has 0 heterocycles. The third-order valence-electron chi connectivity index (χ3n) is 13.1. The number of carbonyl (C=O) groups is 2. The van der Waals surface area contributed by atoms with Crippen LogP contribution in [0.5, 0.6) is 11.5 Å². The molecule has 59 heavy (non-hydrogen) atoms. The SMILES string of the molecule is COc1ccc(C(=O)c2cc3ccc2[C@@H]2CC[C@@](O)(CN(Cc4cccc5ccccc45)C(=O)Oc4ccc5ccccc5c4)[C@@]2(C)CCC=C(C)CC[C@H](O)C3)cc1. The molecule has 6 aromatic carbocycles. The number of amides is 1. The number of aliphatic hydroxyl groups excluding tert-OH is 1. The van der Waals surface area contributed by atoms with Gasteiger partial charge in [-0.3, -0.25) is 4.79 Å². The number of aliphatic hydroxyl groups is 2. The molecule has 2 bridgehead atoms. The van der Waals surface area contributed by atoms with E-state index in [0.717, 1.165) is 44.7 Å². The highest BCUT2D eigenvalue weighted by Crippen LogP contribution is 2.59. The quantitative estimate of drug-likeness (QED) is 0.118. The zero-order valence-corrected chi connectivity index (χ0v) is 34.2. The third kappa shape index (κ3) is 8.27. The number of rotatable bonds is 8. The van der Waals surface area contributed by atoms with Gasteiger partial charge in [0.15, 0.2) is 5.78 Å². The number of carbonyl (C=O) groups excluding carboxylic acids is 2. The second-order valence-electron chi connectivity index (χ2n) is 16.9. The van der Waals surface area contributed by atoms with E-state index in [2.05, 4.69) is 38.1 Å². The predicted molar refractivity (Wildman–Crippen MR) is 234 cm³/mol. The second-order valence-corrected chi connectivity index (χ2v) is 16.9. The van der Waals surface area contributed by atoms with Crippen LogP contribution in [0.1, 0.15) is 90.9 Å². The zero-order chi connectivity index (χ0) is 41.1. The molecule has 1 saturated carbocycles. The first-order chi connectivity index (χ1) is 28.5.